The van der Waals surface area contributed by atoms with Crippen molar-refractivity contribution < 1.29 is 4.74 Å². The van der Waals surface area contributed by atoms with Gasteiger partial charge in [-0.1, -0.05) is 18.2 Å². The molecule has 2 heterocycles. The van der Waals surface area contributed by atoms with E-state index in [1.54, 1.807) is 0 Å². The van der Waals surface area contributed by atoms with E-state index >= 15 is 0 Å². The van der Waals surface area contributed by atoms with Gasteiger partial charge in [-0.2, -0.15) is 4.98 Å². The molecule has 3 aromatic rings. The monoisotopic (exact) mass is 253 g/mol. The third-order valence-corrected chi connectivity index (χ3v) is 2.96. The number of rotatable bonds is 3. The van der Waals surface area contributed by atoms with Crippen LogP contribution in [0.1, 0.15) is 12.7 Å². The summed E-state index contributed by atoms with van der Waals surface area (Å²) in [6, 6.07) is 13.8. The Bertz CT molecular complexity index is 718. The first-order valence-corrected chi connectivity index (χ1v) is 6.34. The number of pyridine rings is 1. The predicted octanol–water partition coefficient (Wildman–Crippen LogP) is 3.13. The molecule has 0 saturated carbocycles. The minimum absolute atomic E-state index is 0.611. The highest BCUT2D eigenvalue weighted by Crippen LogP contribution is 2.21. The van der Waals surface area contributed by atoms with Crippen molar-refractivity contribution in [2.75, 3.05) is 6.61 Å². The Balaban J connectivity index is 2.18. The molecule has 0 aliphatic heterocycles. The second-order valence-electron chi connectivity index (χ2n) is 4.25. The van der Waals surface area contributed by atoms with Gasteiger partial charge in [0, 0.05) is 6.07 Å². The largest absolute Gasteiger partial charge is 0.478 e. The van der Waals surface area contributed by atoms with Crippen molar-refractivity contribution in [3.05, 3.63) is 48.3 Å². The lowest BCUT2D eigenvalue weighted by Gasteiger charge is -2.08. The van der Waals surface area contributed by atoms with E-state index in [0.29, 0.717) is 12.5 Å². The quantitative estimate of drug-likeness (QED) is 0.720. The zero-order valence-electron chi connectivity index (χ0n) is 11.0. The Morgan fingerprint density at radius 1 is 1.05 bits per heavy atom. The normalized spacial score (nSPS) is 10.8. The number of nitrogens with zero attached hydrogens (tertiary/aromatic N) is 3. The fourth-order valence-electron chi connectivity index (χ4n) is 2.19. The van der Waals surface area contributed by atoms with Crippen LogP contribution in [0.5, 0.6) is 5.88 Å². The first kappa shape index (κ1) is 11.7. The van der Waals surface area contributed by atoms with Gasteiger partial charge in [0.05, 0.1) is 17.6 Å². The molecule has 4 nitrogen and oxygen atoms in total. The number of fused-ring (bicyclic) bond motifs is 1. The maximum atomic E-state index is 5.45. The minimum Gasteiger partial charge on any atom is -0.478 e. The zero-order chi connectivity index (χ0) is 13.2. The van der Waals surface area contributed by atoms with Gasteiger partial charge in [0.15, 0.2) is 0 Å². The van der Waals surface area contributed by atoms with E-state index in [1.807, 2.05) is 60.9 Å². The van der Waals surface area contributed by atoms with Crippen molar-refractivity contribution in [3.8, 4) is 11.7 Å². The highest BCUT2D eigenvalue weighted by molar-refractivity contribution is 5.77. The zero-order valence-corrected chi connectivity index (χ0v) is 11.0. The summed E-state index contributed by atoms with van der Waals surface area (Å²) in [5.41, 5.74) is 2.03. The standard InChI is InChI=1S/C15H15N3O/c1-3-19-15-10-6-9-14(17-15)18-11(2)16-12-7-4-5-8-13(12)18/h4-10H,3H2,1-2H3. The molecule has 0 amide bonds. The molecule has 0 radical (unpaired) electrons. The molecule has 0 unspecified atom stereocenters. The van der Waals surface area contributed by atoms with Gasteiger partial charge in [-0.3, -0.25) is 4.57 Å². The maximum Gasteiger partial charge on any atom is 0.215 e. The summed E-state index contributed by atoms with van der Waals surface area (Å²) in [6.45, 7) is 4.54. The molecule has 4 heteroatoms. The van der Waals surface area contributed by atoms with Gasteiger partial charge < -0.3 is 4.74 Å². The average Bonchev–Trinajstić information content (AvgIpc) is 2.75. The van der Waals surface area contributed by atoms with Crippen molar-refractivity contribution in [2.24, 2.45) is 0 Å². The van der Waals surface area contributed by atoms with E-state index in [9.17, 15) is 0 Å². The summed E-state index contributed by atoms with van der Waals surface area (Å²) in [5.74, 6) is 2.39. The molecule has 0 saturated heterocycles. The van der Waals surface area contributed by atoms with Crippen LogP contribution in [0, 0.1) is 6.92 Å². The average molecular weight is 253 g/mol. The van der Waals surface area contributed by atoms with Gasteiger partial charge in [-0.05, 0) is 32.0 Å². The molecular weight excluding hydrogens is 238 g/mol. The van der Waals surface area contributed by atoms with Crippen molar-refractivity contribution in [1.82, 2.24) is 14.5 Å². The van der Waals surface area contributed by atoms with Crippen LogP contribution in [0.15, 0.2) is 42.5 Å². The fourth-order valence-corrected chi connectivity index (χ4v) is 2.19. The Labute approximate surface area is 111 Å². The molecule has 19 heavy (non-hydrogen) atoms. The smallest absolute Gasteiger partial charge is 0.215 e. The van der Waals surface area contributed by atoms with Crippen molar-refractivity contribution in [1.29, 1.82) is 0 Å². The third-order valence-electron chi connectivity index (χ3n) is 2.96. The lowest BCUT2D eigenvalue weighted by molar-refractivity contribution is 0.326. The topological polar surface area (TPSA) is 39.9 Å². The van der Waals surface area contributed by atoms with Gasteiger partial charge in [0.2, 0.25) is 5.88 Å². The first-order chi connectivity index (χ1) is 9.29. The molecule has 0 aliphatic rings. The SMILES string of the molecule is CCOc1cccc(-n2c(C)nc3ccccc32)n1. The van der Waals surface area contributed by atoms with E-state index < -0.39 is 0 Å². The molecule has 96 valence electrons. The lowest BCUT2D eigenvalue weighted by atomic mass is 10.3. The highest BCUT2D eigenvalue weighted by atomic mass is 16.5. The molecule has 1 aromatic carbocycles. The van der Waals surface area contributed by atoms with Gasteiger partial charge in [-0.15, -0.1) is 0 Å². The Kier molecular flexibility index (Phi) is 2.91. The number of ether oxygens (including phenoxy) is 1. The minimum atomic E-state index is 0.611. The van der Waals surface area contributed by atoms with Gasteiger partial charge in [-0.25, -0.2) is 4.98 Å². The van der Waals surface area contributed by atoms with Crippen LogP contribution in [-0.4, -0.2) is 21.1 Å². The number of hydrogen-bond donors (Lipinski definition) is 0. The number of hydrogen-bond acceptors (Lipinski definition) is 3. The molecule has 0 spiro atoms. The van der Waals surface area contributed by atoms with Gasteiger partial charge in [0.1, 0.15) is 11.6 Å². The van der Waals surface area contributed by atoms with E-state index in [1.165, 1.54) is 0 Å². The van der Waals surface area contributed by atoms with Crippen molar-refractivity contribution in [2.45, 2.75) is 13.8 Å². The van der Waals surface area contributed by atoms with Crippen LogP contribution in [0.25, 0.3) is 16.9 Å². The predicted molar refractivity (Wildman–Crippen MR) is 74.8 cm³/mol. The summed E-state index contributed by atoms with van der Waals surface area (Å²) >= 11 is 0. The Hall–Kier alpha value is -2.36. The number of aromatic nitrogens is 3. The first-order valence-electron chi connectivity index (χ1n) is 6.34. The van der Waals surface area contributed by atoms with E-state index in [-0.39, 0.29) is 0 Å². The lowest BCUT2D eigenvalue weighted by Crippen LogP contribution is -2.02. The molecule has 0 atom stereocenters. The summed E-state index contributed by atoms with van der Waals surface area (Å²) < 4.78 is 7.49. The van der Waals surface area contributed by atoms with Crippen LogP contribution in [0.3, 0.4) is 0 Å². The molecular formula is C15H15N3O. The third kappa shape index (κ3) is 2.05. The second kappa shape index (κ2) is 4.72. The highest BCUT2D eigenvalue weighted by Gasteiger charge is 2.10. The number of benzene rings is 1. The Morgan fingerprint density at radius 2 is 1.89 bits per heavy atom. The van der Waals surface area contributed by atoms with E-state index in [4.69, 9.17) is 4.74 Å². The van der Waals surface area contributed by atoms with Gasteiger partial charge in [0.25, 0.3) is 0 Å². The van der Waals surface area contributed by atoms with Crippen molar-refractivity contribution >= 4 is 11.0 Å². The molecule has 0 aliphatic carbocycles. The van der Waals surface area contributed by atoms with Gasteiger partial charge >= 0.3 is 0 Å². The fraction of sp³-hybridized carbons (Fsp3) is 0.200. The second-order valence-corrected chi connectivity index (χ2v) is 4.25. The van der Waals surface area contributed by atoms with Crippen molar-refractivity contribution in [3.63, 3.8) is 0 Å². The Morgan fingerprint density at radius 3 is 2.74 bits per heavy atom. The summed E-state index contributed by atoms with van der Waals surface area (Å²) in [4.78, 5) is 9.06. The maximum absolute atomic E-state index is 5.45. The van der Waals surface area contributed by atoms with Crippen LogP contribution < -0.4 is 4.74 Å². The van der Waals surface area contributed by atoms with Crippen LogP contribution in [0.4, 0.5) is 0 Å². The van der Waals surface area contributed by atoms with Crippen LogP contribution >= 0.6 is 0 Å². The number of para-hydroxylation sites is 2. The summed E-state index contributed by atoms with van der Waals surface area (Å²) in [5, 5.41) is 0. The molecule has 0 fully saturated rings. The van der Waals surface area contributed by atoms with Crippen LogP contribution in [-0.2, 0) is 0 Å². The summed E-state index contributed by atoms with van der Waals surface area (Å²) in [7, 11) is 0. The number of aryl methyl sites for hydroxylation is 1. The van der Waals surface area contributed by atoms with E-state index in [0.717, 1.165) is 22.7 Å². The molecule has 3 rings (SSSR count). The molecule has 2 aromatic heterocycles. The molecule has 0 N–H and O–H groups in total. The summed E-state index contributed by atoms with van der Waals surface area (Å²) in [6.07, 6.45) is 0. The molecule has 0 bridgehead atoms. The van der Waals surface area contributed by atoms with E-state index in [2.05, 4.69) is 9.97 Å². The van der Waals surface area contributed by atoms with Crippen LogP contribution in [0.2, 0.25) is 0 Å². The number of imidazole rings is 1.